The zero-order chi connectivity index (χ0) is 13.1. The minimum absolute atomic E-state index is 0. The van der Waals surface area contributed by atoms with Crippen molar-refractivity contribution in [1.82, 2.24) is 10.2 Å². The topological polar surface area (TPSA) is 75.5 Å². The normalized spacial score (nSPS) is 17.9. The molecule has 1 aromatic carbocycles. The van der Waals surface area contributed by atoms with Crippen LogP contribution in [0.2, 0.25) is 0 Å². The second-order valence-corrected chi connectivity index (χ2v) is 4.30. The van der Waals surface area contributed by atoms with E-state index in [0.29, 0.717) is 13.1 Å². The second-order valence-electron chi connectivity index (χ2n) is 4.30. The maximum Gasteiger partial charge on any atom is 0.282 e. The van der Waals surface area contributed by atoms with Crippen molar-refractivity contribution < 1.29 is 9.72 Å². The monoisotopic (exact) mass is 285 g/mol. The fraction of sp³-hybridized carbons (Fsp3) is 0.417. The SMILES string of the molecule is CNC1CCN(C(=O)c2ccccc2[N+](=O)[O-])C1.Cl. The highest BCUT2D eigenvalue weighted by atomic mass is 35.5. The van der Waals surface area contributed by atoms with Gasteiger partial charge in [0.25, 0.3) is 11.6 Å². The van der Waals surface area contributed by atoms with Crippen LogP contribution in [0.5, 0.6) is 0 Å². The first-order valence-corrected chi connectivity index (χ1v) is 5.83. The Hall–Kier alpha value is -1.66. The fourth-order valence-corrected chi connectivity index (χ4v) is 2.16. The van der Waals surface area contributed by atoms with Gasteiger partial charge in [0.05, 0.1) is 4.92 Å². The number of hydrogen-bond donors (Lipinski definition) is 1. The van der Waals surface area contributed by atoms with E-state index in [1.165, 1.54) is 12.1 Å². The van der Waals surface area contributed by atoms with Crippen molar-refractivity contribution in [2.24, 2.45) is 0 Å². The van der Waals surface area contributed by atoms with Crippen molar-refractivity contribution >= 4 is 24.0 Å². The number of likely N-dealkylation sites (tertiary alicyclic amines) is 1. The van der Waals surface area contributed by atoms with Gasteiger partial charge in [-0.2, -0.15) is 0 Å². The van der Waals surface area contributed by atoms with Crippen molar-refractivity contribution in [1.29, 1.82) is 0 Å². The molecular formula is C12H16ClN3O3. The van der Waals surface area contributed by atoms with E-state index in [-0.39, 0.29) is 35.6 Å². The fourth-order valence-electron chi connectivity index (χ4n) is 2.16. The number of nitro groups is 1. The van der Waals surface area contributed by atoms with Crippen LogP contribution >= 0.6 is 12.4 Å². The summed E-state index contributed by atoms with van der Waals surface area (Å²) in [6, 6.07) is 6.35. The van der Waals surface area contributed by atoms with Crippen LogP contribution in [0.25, 0.3) is 0 Å². The number of nitrogens with zero attached hydrogens (tertiary/aromatic N) is 2. The number of amides is 1. The average Bonchev–Trinajstić information content (AvgIpc) is 2.86. The first-order valence-electron chi connectivity index (χ1n) is 5.83. The summed E-state index contributed by atoms with van der Waals surface area (Å²) in [4.78, 5) is 24.3. The highest BCUT2D eigenvalue weighted by Crippen LogP contribution is 2.21. The molecule has 0 radical (unpaired) electrons. The van der Waals surface area contributed by atoms with E-state index in [0.717, 1.165) is 6.42 Å². The predicted octanol–water partition coefficient (Wildman–Crippen LogP) is 1.45. The molecule has 1 atom stereocenters. The van der Waals surface area contributed by atoms with Crippen LogP contribution in [-0.2, 0) is 0 Å². The molecule has 0 aliphatic carbocycles. The van der Waals surface area contributed by atoms with Gasteiger partial charge in [-0.15, -0.1) is 12.4 Å². The van der Waals surface area contributed by atoms with Gasteiger partial charge >= 0.3 is 0 Å². The summed E-state index contributed by atoms with van der Waals surface area (Å²) < 4.78 is 0. The van der Waals surface area contributed by atoms with E-state index >= 15 is 0 Å². The number of likely N-dealkylation sites (N-methyl/N-ethyl adjacent to an activating group) is 1. The number of hydrogen-bond acceptors (Lipinski definition) is 4. The first kappa shape index (κ1) is 15.4. The van der Waals surface area contributed by atoms with Gasteiger partial charge in [0, 0.05) is 25.2 Å². The van der Waals surface area contributed by atoms with Crippen LogP contribution in [0.1, 0.15) is 16.8 Å². The number of rotatable bonds is 3. The number of carbonyl (C=O) groups excluding carboxylic acids is 1. The smallest absolute Gasteiger partial charge is 0.282 e. The summed E-state index contributed by atoms with van der Waals surface area (Å²) in [5, 5.41) is 14.0. The third kappa shape index (κ3) is 3.21. The minimum Gasteiger partial charge on any atom is -0.337 e. The molecule has 0 bridgehead atoms. The highest BCUT2D eigenvalue weighted by molar-refractivity contribution is 5.98. The van der Waals surface area contributed by atoms with Crippen molar-refractivity contribution in [3.63, 3.8) is 0 Å². The number of nitrogens with one attached hydrogen (secondary N) is 1. The summed E-state index contributed by atoms with van der Waals surface area (Å²) in [5.74, 6) is -0.264. The third-order valence-corrected chi connectivity index (χ3v) is 3.21. The number of carbonyl (C=O) groups is 1. The lowest BCUT2D eigenvalue weighted by atomic mass is 10.1. The number of para-hydroxylation sites is 1. The highest BCUT2D eigenvalue weighted by Gasteiger charge is 2.29. The molecule has 1 unspecified atom stereocenters. The molecule has 1 N–H and O–H groups in total. The number of benzene rings is 1. The van der Waals surface area contributed by atoms with Gasteiger partial charge in [-0.05, 0) is 19.5 Å². The molecule has 0 spiro atoms. The Morgan fingerprint density at radius 1 is 1.47 bits per heavy atom. The Labute approximate surface area is 117 Å². The van der Waals surface area contributed by atoms with Crippen LogP contribution in [0.4, 0.5) is 5.69 Å². The van der Waals surface area contributed by atoms with Crippen LogP contribution in [0.3, 0.4) is 0 Å². The zero-order valence-electron chi connectivity index (χ0n) is 10.5. The largest absolute Gasteiger partial charge is 0.337 e. The van der Waals surface area contributed by atoms with Crippen molar-refractivity contribution in [2.45, 2.75) is 12.5 Å². The Kier molecular flexibility index (Phi) is 5.26. The van der Waals surface area contributed by atoms with Gasteiger partial charge < -0.3 is 10.2 Å². The molecule has 6 nitrogen and oxygen atoms in total. The Balaban J connectivity index is 0.00000180. The van der Waals surface area contributed by atoms with Crippen molar-refractivity contribution in [3.8, 4) is 0 Å². The first-order chi connectivity index (χ1) is 8.63. The summed E-state index contributed by atoms with van der Waals surface area (Å²) in [7, 11) is 1.85. The van der Waals surface area contributed by atoms with Crippen LogP contribution in [0, 0.1) is 10.1 Å². The molecule has 1 amide bonds. The summed E-state index contributed by atoms with van der Waals surface area (Å²) in [6.07, 6.45) is 0.878. The summed E-state index contributed by atoms with van der Waals surface area (Å²) in [5.41, 5.74) is 0.0367. The average molecular weight is 286 g/mol. The Morgan fingerprint density at radius 2 is 2.16 bits per heavy atom. The molecule has 1 aliphatic heterocycles. The molecule has 1 saturated heterocycles. The molecule has 1 fully saturated rings. The Morgan fingerprint density at radius 3 is 2.74 bits per heavy atom. The van der Waals surface area contributed by atoms with Crippen LogP contribution in [0.15, 0.2) is 24.3 Å². The van der Waals surface area contributed by atoms with Crippen LogP contribution in [-0.4, -0.2) is 41.9 Å². The number of halogens is 1. The van der Waals surface area contributed by atoms with Crippen molar-refractivity contribution in [3.05, 3.63) is 39.9 Å². The predicted molar refractivity (Wildman–Crippen MR) is 73.7 cm³/mol. The van der Waals surface area contributed by atoms with Crippen molar-refractivity contribution in [2.75, 3.05) is 20.1 Å². The third-order valence-electron chi connectivity index (χ3n) is 3.21. The van der Waals surface area contributed by atoms with Crippen LogP contribution < -0.4 is 5.32 Å². The molecule has 1 aliphatic rings. The molecule has 0 aromatic heterocycles. The Bertz CT molecular complexity index is 481. The van der Waals surface area contributed by atoms with Gasteiger partial charge in [-0.25, -0.2) is 0 Å². The second kappa shape index (κ2) is 6.49. The van der Waals surface area contributed by atoms with E-state index in [1.807, 2.05) is 7.05 Å². The lowest BCUT2D eigenvalue weighted by Gasteiger charge is -2.16. The molecule has 19 heavy (non-hydrogen) atoms. The minimum atomic E-state index is -0.515. The zero-order valence-corrected chi connectivity index (χ0v) is 11.4. The van der Waals surface area contributed by atoms with Gasteiger partial charge in [-0.3, -0.25) is 14.9 Å². The maximum absolute atomic E-state index is 12.2. The summed E-state index contributed by atoms with van der Waals surface area (Å²) in [6.45, 7) is 1.23. The van der Waals surface area contributed by atoms with E-state index in [2.05, 4.69) is 5.32 Å². The van der Waals surface area contributed by atoms with Gasteiger partial charge in [0.2, 0.25) is 0 Å². The lowest BCUT2D eigenvalue weighted by molar-refractivity contribution is -0.385. The van der Waals surface area contributed by atoms with E-state index in [1.54, 1.807) is 17.0 Å². The molecular weight excluding hydrogens is 270 g/mol. The quantitative estimate of drug-likeness (QED) is 0.674. The molecule has 104 valence electrons. The molecule has 1 aromatic rings. The van der Waals surface area contributed by atoms with Gasteiger partial charge in [0.15, 0.2) is 0 Å². The standard InChI is InChI=1S/C12H15N3O3.ClH/c1-13-9-6-7-14(8-9)12(16)10-4-2-3-5-11(10)15(17)18;/h2-5,9,13H,6-8H2,1H3;1H. The maximum atomic E-state index is 12.2. The molecule has 1 heterocycles. The summed E-state index contributed by atoms with van der Waals surface area (Å²) >= 11 is 0. The molecule has 2 rings (SSSR count). The van der Waals surface area contributed by atoms with E-state index in [4.69, 9.17) is 0 Å². The van der Waals surface area contributed by atoms with E-state index < -0.39 is 4.92 Å². The van der Waals surface area contributed by atoms with E-state index in [9.17, 15) is 14.9 Å². The molecule has 0 saturated carbocycles. The van der Waals surface area contributed by atoms with Gasteiger partial charge in [0.1, 0.15) is 5.56 Å². The number of nitro benzene ring substituents is 1. The lowest BCUT2D eigenvalue weighted by Crippen LogP contribution is -2.33. The van der Waals surface area contributed by atoms with Gasteiger partial charge in [-0.1, -0.05) is 12.1 Å². The molecule has 7 heteroatoms.